The lowest BCUT2D eigenvalue weighted by atomic mass is 10.2. The maximum atomic E-state index is 5.97. The van der Waals surface area contributed by atoms with Gasteiger partial charge in [0, 0.05) is 14.9 Å². The van der Waals surface area contributed by atoms with E-state index in [2.05, 4.69) is 39.7 Å². The van der Waals surface area contributed by atoms with E-state index in [4.69, 9.17) is 4.43 Å². The largest absolute Gasteiger partial charge is 0.415 e. The summed E-state index contributed by atoms with van der Waals surface area (Å²) in [5, 5.41) is 0. The monoisotopic (exact) mass is 218 g/mol. The fourth-order valence-electron chi connectivity index (χ4n) is 1.48. The minimum Gasteiger partial charge on any atom is -0.415 e. The van der Waals surface area contributed by atoms with Crippen molar-refractivity contribution < 1.29 is 4.43 Å². The van der Waals surface area contributed by atoms with Crippen LogP contribution in [0, 0.1) is 0 Å². The van der Waals surface area contributed by atoms with E-state index < -0.39 is 8.32 Å². The minimum atomic E-state index is -1.29. The highest BCUT2D eigenvalue weighted by Gasteiger charge is 2.17. The molecule has 80 valence electrons. The molecule has 0 aliphatic heterocycles. The molecule has 0 aromatic heterocycles. The topological polar surface area (TPSA) is 9.23 Å². The Morgan fingerprint density at radius 1 is 1.23 bits per heavy atom. The van der Waals surface area contributed by atoms with Crippen LogP contribution >= 0.6 is 0 Å². The molecule has 0 saturated heterocycles. The fourth-order valence-corrected chi connectivity index (χ4v) is 3.85. The first kappa shape index (κ1) is 13.4. The third kappa shape index (κ3) is 10.3. The molecule has 1 nitrogen and oxygen atoms in total. The molecular weight excluding hydrogens is 192 g/mol. The predicted molar refractivity (Wildman–Crippen MR) is 66.8 cm³/mol. The van der Waals surface area contributed by atoms with Crippen LogP contribution in [0.4, 0.5) is 0 Å². The fraction of sp³-hybridized carbons (Fsp3) is 1.00. The van der Waals surface area contributed by atoms with Crippen LogP contribution < -0.4 is 0 Å². The first-order chi connectivity index (χ1) is 5.81. The standard InChI is InChI=1S/C10H26OSi2/c1-10(11-13(4,5)6)8-7-9-12(2)3/h10,12H,7-9H2,1-6H3. The predicted octanol–water partition coefficient (Wildman–Crippen LogP) is 3.49. The zero-order valence-corrected chi connectivity index (χ0v) is 12.3. The summed E-state index contributed by atoms with van der Waals surface area (Å²) in [5.74, 6) is 0. The van der Waals surface area contributed by atoms with Gasteiger partial charge in [-0.1, -0.05) is 25.6 Å². The van der Waals surface area contributed by atoms with E-state index in [-0.39, 0.29) is 8.80 Å². The van der Waals surface area contributed by atoms with Gasteiger partial charge < -0.3 is 4.43 Å². The molecule has 0 aromatic carbocycles. The Labute approximate surface area is 86.6 Å². The first-order valence-corrected chi connectivity index (χ1v) is 12.0. The van der Waals surface area contributed by atoms with Crippen molar-refractivity contribution in [3.8, 4) is 0 Å². The molecule has 1 atom stereocenters. The molecule has 0 aliphatic rings. The Morgan fingerprint density at radius 3 is 2.15 bits per heavy atom. The van der Waals surface area contributed by atoms with Gasteiger partial charge in [0.1, 0.15) is 0 Å². The van der Waals surface area contributed by atoms with E-state index in [0.29, 0.717) is 6.10 Å². The number of rotatable bonds is 6. The average Bonchev–Trinajstić information content (AvgIpc) is 1.81. The first-order valence-electron chi connectivity index (χ1n) is 5.49. The third-order valence-corrected chi connectivity index (χ3v) is 4.62. The molecule has 0 spiro atoms. The Bertz CT molecular complexity index is 129. The van der Waals surface area contributed by atoms with Crippen molar-refractivity contribution in [3.63, 3.8) is 0 Å². The molecule has 13 heavy (non-hydrogen) atoms. The third-order valence-electron chi connectivity index (χ3n) is 1.95. The molecule has 0 amide bonds. The molecule has 0 bridgehead atoms. The van der Waals surface area contributed by atoms with Gasteiger partial charge in [0.05, 0.1) is 0 Å². The van der Waals surface area contributed by atoms with Crippen LogP contribution in [0.5, 0.6) is 0 Å². The Hall–Kier alpha value is 0.394. The molecule has 0 radical (unpaired) electrons. The van der Waals surface area contributed by atoms with Gasteiger partial charge in [-0.05, 0) is 33.0 Å². The Morgan fingerprint density at radius 2 is 1.77 bits per heavy atom. The molecule has 1 unspecified atom stereocenters. The molecule has 0 N–H and O–H groups in total. The van der Waals surface area contributed by atoms with Gasteiger partial charge in [-0.2, -0.15) is 0 Å². The van der Waals surface area contributed by atoms with Crippen molar-refractivity contribution in [2.75, 3.05) is 0 Å². The summed E-state index contributed by atoms with van der Waals surface area (Å²) < 4.78 is 5.97. The summed E-state index contributed by atoms with van der Waals surface area (Å²) in [6.07, 6.45) is 3.12. The van der Waals surface area contributed by atoms with Crippen LogP contribution in [0.15, 0.2) is 0 Å². The lowest BCUT2D eigenvalue weighted by Crippen LogP contribution is -2.30. The summed E-state index contributed by atoms with van der Waals surface area (Å²) in [6.45, 7) is 13.9. The smallest absolute Gasteiger partial charge is 0.184 e. The van der Waals surface area contributed by atoms with E-state index in [1.54, 1.807) is 0 Å². The van der Waals surface area contributed by atoms with Crippen molar-refractivity contribution in [3.05, 3.63) is 0 Å². The second-order valence-corrected chi connectivity index (χ2v) is 13.2. The zero-order valence-electron chi connectivity index (χ0n) is 10.2. The minimum absolute atomic E-state index is 0.327. The van der Waals surface area contributed by atoms with Gasteiger partial charge in [-0.3, -0.25) is 0 Å². The summed E-state index contributed by atoms with van der Waals surface area (Å²) >= 11 is 0. The van der Waals surface area contributed by atoms with Crippen molar-refractivity contribution in [2.45, 2.75) is 64.6 Å². The summed E-state index contributed by atoms with van der Waals surface area (Å²) in [7, 11) is -1.61. The van der Waals surface area contributed by atoms with Crippen LogP contribution in [0.2, 0.25) is 38.8 Å². The lowest BCUT2D eigenvalue weighted by molar-refractivity contribution is 0.202. The number of hydrogen-bond acceptors (Lipinski definition) is 1. The lowest BCUT2D eigenvalue weighted by Gasteiger charge is -2.23. The molecule has 0 aliphatic carbocycles. The second kappa shape index (κ2) is 5.99. The maximum absolute atomic E-state index is 5.97. The van der Waals surface area contributed by atoms with Gasteiger partial charge >= 0.3 is 0 Å². The van der Waals surface area contributed by atoms with Crippen molar-refractivity contribution in [1.82, 2.24) is 0 Å². The van der Waals surface area contributed by atoms with Crippen LogP contribution in [0.3, 0.4) is 0 Å². The molecule has 0 aromatic rings. The second-order valence-electron chi connectivity index (χ2n) is 5.37. The quantitative estimate of drug-likeness (QED) is 0.620. The summed E-state index contributed by atoms with van der Waals surface area (Å²) in [5.41, 5.74) is 0. The van der Waals surface area contributed by atoms with Crippen molar-refractivity contribution >= 4 is 17.1 Å². The van der Waals surface area contributed by atoms with Crippen LogP contribution in [-0.2, 0) is 4.43 Å². The van der Waals surface area contributed by atoms with Crippen molar-refractivity contribution in [2.24, 2.45) is 0 Å². The molecular formula is C10H26OSi2. The Kier molecular flexibility index (Phi) is 6.17. The highest BCUT2D eigenvalue weighted by Crippen LogP contribution is 2.13. The van der Waals surface area contributed by atoms with E-state index in [1.807, 2.05) is 0 Å². The van der Waals surface area contributed by atoms with Crippen LogP contribution in [0.25, 0.3) is 0 Å². The maximum Gasteiger partial charge on any atom is 0.184 e. The van der Waals surface area contributed by atoms with E-state index in [0.717, 1.165) is 0 Å². The van der Waals surface area contributed by atoms with Crippen molar-refractivity contribution in [1.29, 1.82) is 0 Å². The SMILES string of the molecule is CC(CCC[SiH](C)C)O[Si](C)(C)C. The molecule has 0 fully saturated rings. The normalized spacial score (nSPS) is 15.0. The van der Waals surface area contributed by atoms with Gasteiger partial charge in [-0.25, -0.2) is 0 Å². The summed E-state index contributed by atoms with van der Waals surface area (Å²) in [6, 6.07) is 1.47. The van der Waals surface area contributed by atoms with Gasteiger partial charge in [0.25, 0.3) is 0 Å². The van der Waals surface area contributed by atoms with E-state index in [1.165, 1.54) is 18.9 Å². The van der Waals surface area contributed by atoms with E-state index in [9.17, 15) is 0 Å². The van der Waals surface area contributed by atoms with Gasteiger partial charge in [-0.15, -0.1) is 0 Å². The van der Waals surface area contributed by atoms with Gasteiger partial charge in [0.15, 0.2) is 8.32 Å². The summed E-state index contributed by atoms with van der Waals surface area (Å²) in [4.78, 5) is 0. The van der Waals surface area contributed by atoms with Crippen LogP contribution in [0.1, 0.15) is 19.8 Å². The van der Waals surface area contributed by atoms with Gasteiger partial charge in [0.2, 0.25) is 0 Å². The highest BCUT2D eigenvalue weighted by molar-refractivity contribution is 6.69. The molecule has 0 heterocycles. The molecule has 3 heteroatoms. The molecule has 0 rings (SSSR count). The average molecular weight is 218 g/mol. The molecule has 0 saturated carbocycles. The Balaban J connectivity index is 3.46. The van der Waals surface area contributed by atoms with Crippen LogP contribution in [-0.4, -0.2) is 23.2 Å². The van der Waals surface area contributed by atoms with E-state index >= 15 is 0 Å². The highest BCUT2D eigenvalue weighted by atomic mass is 28.4. The zero-order chi connectivity index (χ0) is 10.5. The number of hydrogen-bond donors (Lipinski definition) is 0.